The molecule has 0 aliphatic carbocycles. The highest BCUT2D eigenvalue weighted by Gasteiger charge is 2.44. The lowest BCUT2D eigenvalue weighted by atomic mass is 9.94. The molecule has 25 heavy (non-hydrogen) atoms. The van der Waals surface area contributed by atoms with Crippen molar-refractivity contribution in [2.75, 3.05) is 4.90 Å². The molecule has 0 saturated carbocycles. The van der Waals surface area contributed by atoms with E-state index < -0.39 is 17.7 Å². The summed E-state index contributed by atoms with van der Waals surface area (Å²) in [5.74, 6) is -1.83. The van der Waals surface area contributed by atoms with Crippen molar-refractivity contribution < 1.29 is 24.9 Å². The first kappa shape index (κ1) is 16.6. The van der Waals surface area contributed by atoms with Crippen LogP contribution in [0.2, 0.25) is 0 Å². The molecule has 6 heteroatoms. The minimum Gasteiger partial charge on any atom is -0.508 e. The summed E-state index contributed by atoms with van der Waals surface area (Å²) in [5, 5.41) is 30.0. The zero-order valence-electron chi connectivity index (χ0n) is 13.5. The molecule has 0 fully saturated rings. The molecule has 3 rings (SSSR count). The topological polar surface area (TPSA) is 98.1 Å². The second-order valence-electron chi connectivity index (χ2n) is 5.70. The number of rotatable bonds is 4. The fourth-order valence-electron chi connectivity index (χ4n) is 2.97. The predicted octanol–water partition coefficient (Wildman–Crippen LogP) is 2.98. The van der Waals surface area contributed by atoms with Gasteiger partial charge in [0.05, 0.1) is 17.3 Å². The van der Waals surface area contributed by atoms with Gasteiger partial charge in [0, 0.05) is 6.42 Å². The highest BCUT2D eigenvalue weighted by molar-refractivity contribution is 6.16. The van der Waals surface area contributed by atoms with Gasteiger partial charge in [-0.2, -0.15) is 0 Å². The fourth-order valence-corrected chi connectivity index (χ4v) is 2.97. The number of phenols is 2. The number of ketones is 1. The molecule has 0 saturated heterocycles. The summed E-state index contributed by atoms with van der Waals surface area (Å²) in [5.41, 5.74) is 0.715. The Bertz CT molecular complexity index is 870. The standard InChI is InChI=1S/C19H17NO5/c1-2-14(22)16-17(11-7-9-12(21)10-8-11)20(19(25)18(16)24)13-5-3-4-6-15(13)23/h3-10,17,21,23-24H,2H2,1H3. The Morgan fingerprint density at radius 3 is 2.28 bits per heavy atom. The molecule has 128 valence electrons. The summed E-state index contributed by atoms with van der Waals surface area (Å²) < 4.78 is 0. The van der Waals surface area contributed by atoms with Crippen LogP contribution in [0.5, 0.6) is 11.5 Å². The molecule has 6 nitrogen and oxygen atoms in total. The van der Waals surface area contributed by atoms with Crippen LogP contribution in [-0.2, 0) is 9.59 Å². The van der Waals surface area contributed by atoms with E-state index in [1.54, 1.807) is 31.2 Å². The van der Waals surface area contributed by atoms with Crippen LogP contribution in [0.25, 0.3) is 0 Å². The number of phenolic OH excluding ortho intramolecular Hbond substituents is 2. The summed E-state index contributed by atoms with van der Waals surface area (Å²) in [6.45, 7) is 1.64. The van der Waals surface area contributed by atoms with Crippen molar-refractivity contribution in [3.05, 3.63) is 65.4 Å². The van der Waals surface area contributed by atoms with E-state index in [1.165, 1.54) is 29.2 Å². The number of nitrogens with zero attached hydrogens (tertiary/aromatic N) is 1. The van der Waals surface area contributed by atoms with Crippen LogP contribution >= 0.6 is 0 Å². The molecule has 0 radical (unpaired) electrons. The van der Waals surface area contributed by atoms with E-state index in [9.17, 15) is 24.9 Å². The van der Waals surface area contributed by atoms with Gasteiger partial charge in [-0.05, 0) is 29.8 Å². The van der Waals surface area contributed by atoms with Gasteiger partial charge < -0.3 is 15.3 Å². The average molecular weight is 339 g/mol. The molecular weight excluding hydrogens is 322 g/mol. The van der Waals surface area contributed by atoms with Gasteiger partial charge in [-0.3, -0.25) is 14.5 Å². The normalized spacial score (nSPS) is 17.2. The Morgan fingerprint density at radius 1 is 1.04 bits per heavy atom. The number of benzene rings is 2. The van der Waals surface area contributed by atoms with E-state index in [1.807, 2.05) is 0 Å². The van der Waals surface area contributed by atoms with Gasteiger partial charge in [0.25, 0.3) is 5.91 Å². The van der Waals surface area contributed by atoms with Crippen molar-refractivity contribution in [1.82, 2.24) is 0 Å². The number of amides is 1. The van der Waals surface area contributed by atoms with Gasteiger partial charge in [0.15, 0.2) is 11.5 Å². The molecule has 1 aliphatic heterocycles. The molecule has 1 heterocycles. The van der Waals surface area contributed by atoms with E-state index in [-0.39, 0.29) is 35.0 Å². The molecular formula is C19H17NO5. The summed E-state index contributed by atoms with van der Waals surface area (Å²) in [4.78, 5) is 26.2. The number of aromatic hydroxyl groups is 2. The lowest BCUT2D eigenvalue weighted by Gasteiger charge is -2.27. The van der Waals surface area contributed by atoms with Crippen molar-refractivity contribution in [1.29, 1.82) is 0 Å². The largest absolute Gasteiger partial charge is 0.508 e. The number of hydrogen-bond donors (Lipinski definition) is 3. The number of anilines is 1. The van der Waals surface area contributed by atoms with Crippen LogP contribution in [0.4, 0.5) is 5.69 Å². The van der Waals surface area contributed by atoms with Crippen LogP contribution in [0.3, 0.4) is 0 Å². The fraction of sp³-hybridized carbons (Fsp3) is 0.158. The Kier molecular flexibility index (Phi) is 4.19. The number of carbonyl (C=O) groups excluding carboxylic acids is 2. The lowest BCUT2D eigenvalue weighted by Crippen LogP contribution is -2.31. The molecule has 1 atom stereocenters. The zero-order chi connectivity index (χ0) is 18.1. The summed E-state index contributed by atoms with van der Waals surface area (Å²) in [6.07, 6.45) is 0.121. The predicted molar refractivity (Wildman–Crippen MR) is 91.4 cm³/mol. The van der Waals surface area contributed by atoms with Gasteiger partial charge in [-0.15, -0.1) is 0 Å². The summed E-state index contributed by atoms with van der Waals surface area (Å²) in [7, 11) is 0. The molecule has 2 aromatic carbocycles. The first-order chi connectivity index (χ1) is 12.0. The van der Waals surface area contributed by atoms with Crippen LogP contribution in [0.1, 0.15) is 24.9 Å². The van der Waals surface area contributed by atoms with Crippen LogP contribution in [0.15, 0.2) is 59.9 Å². The smallest absolute Gasteiger partial charge is 0.294 e. The minimum absolute atomic E-state index is 0.0126. The minimum atomic E-state index is -0.881. The van der Waals surface area contributed by atoms with Crippen LogP contribution in [0, 0.1) is 0 Å². The maximum Gasteiger partial charge on any atom is 0.294 e. The monoisotopic (exact) mass is 339 g/mol. The molecule has 0 spiro atoms. The SMILES string of the molecule is CCC(=O)C1=C(O)C(=O)N(c2ccccc2O)C1c1ccc(O)cc1. The second-order valence-corrected chi connectivity index (χ2v) is 5.70. The number of Topliss-reactive ketones (excluding diaryl/α,β-unsaturated/α-hetero) is 1. The number of aliphatic hydroxyl groups excluding tert-OH is 1. The first-order valence-electron chi connectivity index (χ1n) is 7.82. The Balaban J connectivity index is 2.20. The van der Waals surface area contributed by atoms with E-state index in [0.717, 1.165) is 0 Å². The van der Waals surface area contributed by atoms with Crippen molar-refractivity contribution in [3.8, 4) is 11.5 Å². The maximum atomic E-state index is 12.6. The van der Waals surface area contributed by atoms with Gasteiger partial charge in [0.2, 0.25) is 0 Å². The average Bonchev–Trinajstić information content (AvgIpc) is 2.87. The summed E-state index contributed by atoms with van der Waals surface area (Å²) in [6, 6.07) is 11.4. The highest BCUT2D eigenvalue weighted by atomic mass is 16.3. The van der Waals surface area contributed by atoms with E-state index in [4.69, 9.17) is 0 Å². The molecule has 1 amide bonds. The van der Waals surface area contributed by atoms with Gasteiger partial charge >= 0.3 is 0 Å². The quantitative estimate of drug-likeness (QED) is 0.795. The van der Waals surface area contributed by atoms with Crippen molar-refractivity contribution in [2.24, 2.45) is 0 Å². The lowest BCUT2D eigenvalue weighted by molar-refractivity contribution is -0.118. The third-order valence-electron chi connectivity index (χ3n) is 4.18. The number of para-hydroxylation sites is 2. The van der Waals surface area contributed by atoms with Gasteiger partial charge in [0.1, 0.15) is 11.5 Å². The van der Waals surface area contributed by atoms with E-state index >= 15 is 0 Å². The third-order valence-corrected chi connectivity index (χ3v) is 4.18. The Hall–Kier alpha value is -3.28. The number of carbonyl (C=O) groups is 2. The second kappa shape index (κ2) is 6.32. The third kappa shape index (κ3) is 2.71. The molecule has 3 N–H and O–H groups in total. The zero-order valence-corrected chi connectivity index (χ0v) is 13.5. The van der Waals surface area contributed by atoms with Gasteiger partial charge in [-0.25, -0.2) is 0 Å². The number of aliphatic hydroxyl groups is 1. The van der Waals surface area contributed by atoms with Crippen molar-refractivity contribution in [3.63, 3.8) is 0 Å². The van der Waals surface area contributed by atoms with E-state index in [0.29, 0.717) is 5.56 Å². The van der Waals surface area contributed by atoms with Gasteiger partial charge in [-0.1, -0.05) is 31.2 Å². The Morgan fingerprint density at radius 2 is 1.68 bits per heavy atom. The molecule has 1 aliphatic rings. The molecule has 2 aromatic rings. The van der Waals surface area contributed by atoms with Crippen molar-refractivity contribution >= 4 is 17.4 Å². The van der Waals surface area contributed by atoms with Crippen LogP contribution in [-0.4, -0.2) is 27.0 Å². The summed E-state index contributed by atoms with van der Waals surface area (Å²) >= 11 is 0. The van der Waals surface area contributed by atoms with E-state index in [2.05, 4.69) is 0 Å². The highest BCUT2D eigenvalue weighted by Crippen LogP contribution is 2.44. The van der Waals surface area contributed by atoms with Crippen LogP contribution < -0.4 is 4.90 Å². The van der Waals surface area contributed by atoms with Crippen molar-refractivity contribution in [2.45, 2.75) is 19.4 Å². The molecule has 0 aromatic heterocycles. The Labute approximate surface area is 144 Å². The molecule has 0 bridgehead atoms. The molecule has 1 unspecified atom stereocenters. The number of hydrogen-bond acceptors (Lipinski definition) is 5. The first-order valence-corrected chi connectivity index (χ1v) is 7.82. The maximum absolute atomic E-state index is 12.6.